The molecule has 0 aliphatic rings. The summed E-state index contributed by atoms with van der Waals surface area (Å²) in [6.07, 6.45) is 1.93. The molecule has 0 bridgehead atoms. The Morgan fingerprint density at radius 1 is 1.36 bits per heavy atom. The number of nitrogens with zero attached hydrogens (tertiary/aromatic N) is 3. The topological polar surface area (TPSA) is 17.8 Å². The average molecular weight is 154 g/mol. The van der Waals surface area contributed by atoms with E-state index in [1.54, 1.807) is 0 Å². The van der Waals surface area contributed by atoms with E-state index in [1.165, 1.54) is 5.82 Å². The van der Waals surface area contributed by atoms with Crippen molar-refractivity contribution in [2.24, 2.45) is 7.05 Å². The average Bonchev–Trinajstić information content (AvgIpc) is 2.11. The summed E-state index contributed by atoms with van der Waals surface area (Å²) < 4.78 is 2.93. The first kappa shape index (κ1) is 8.27. The first-order chi connectivity index (χ1) is 4.93. The molecule has 3 nitrogen and oxygen atoms in total. The van der Waals surface area contributed by atoms with Gasteiger partial charge in [-0.1, -0.05) is 0 Å². The summed E-state index contributed by atoms with van der Waals surface area (Å²) in [5.41, 5.74) is 0. The van der Waals surface area contributed by atoms with Crippen LogP contribution in [-0.4, -0.2) is 30.7 Å². The van der Waals surface area contributed by atoms with Gasteiger partial charge in [-0.15, -0.1) is 0 Å². The molecule has 0 amide bonds. The second-order valence-corrected chi connectivity index (χ2v) is 3.74. The Kier molecular flexibility index (Phi) is 1.76. The number of imidazole rings is 1. The Bertz CT molecular complexity index is 255. The van der Waals surface area contributed by atoms with E-state index in [1.807, 2.05) is 20.2 Å². The largest absolute Gasteiger partial charge is 0.287 e. The standard InChI is InChI=1S/C8H16N3/c1-7-9-6-8(10(7)2)11(3,4)5/h6H,1-5H3/q+1. The summed E-state index contributed by atoms with van der Waals surface area (Å²) in [7, 11) is 8.45. The lowest BCUT2D eigenvalue weighted by Crippen LogP contribution is -2.36. The molecule has 0 saturated heterocycles. The Morgan fingerprint density at radius 2 is 1.91 bits per heavy atom. The molecule has 0 aliphatic heterocycles. The van der Waals surface area contributed by atoms with Gasteiger partial charge in [0.1, 0.15) is 12.0 Å². The van der Waals surface area contributed by atoms with Crippen LogP contribution in [0.2, 0.25) is 0 Å². The number of quaternary nitrogens is 1. The third-order valence-corrected chi connectivity index (χ3v) is 1.88. The monoisotopic (exact) mass is 154 g/mol. The van der Waals surface area contributed by atoms with E-state index in [2.05, 4.69) is 30.7 Å². The minimum Gasteiger partial charge on any atom is -0.287 e. The van der Waals surface area contributed by atoms with Crippen LogP contribution < -0.4 is 4.48 Å². The molecule has 62 valence electrons. The van der Waals surface area contributed by atoms with Crippen molar-refractivity contribution in [2.45, 2.75) is 6.92 Å². The summed E-state index contributed by atoms with van der Waals surface area (Å²) in [4.78, 5) is 4.23. The Labute approximate surface area is 67.9 Å². The highest BCUT2D eigenvalue weighted by atomic mass is 15.4. The molecule has 0 saturated carbocycles. The van der Waals surface area contributed by atoms with Crippen LogP contribution in [-0.2, 0) is 7.05 Å². The molecule has 0 radical (unpaired) electrons. The van der Waals surface area contributed by atoms with E-state index in [9.17, 15) is 0 Å². The molecule has 1 aromatic heterocycles. The van der Waals surface area contributed by atoms with Crippen LogP contribution in [0.4, 0.5) is 5.82 Å². The van der Waals surface area contributed by atoms with Gasteiger partial charge >= 0.3 is 0 Å². The van der Waals surface area contributed by atoms with Gasteiger partial charge < -0.3 is 0 Å². The van der Waals surface area contributed by atoms with Crippen molar-refractivity contribution in [1.82, 2.24) is 14.0 Å². The maximum atomic E-state index is 4.23. The van der Waals surface area contributed by atoms with Crippen molar-refractivity contribution in [3.8, 4) is 0 Å². The normalized spacial score (nSPS) is 12.1. The van der Waals surface area contributed by atoms with Crippen LogP contribution in [0.5, 0.6) is 0 Å². The molecule has 0 N–H and O–H groups in total. The maximum absolute atomic E-state index is 4.23. The van der Waals surface area contributed by atoms with Gasteiger partial charge in [0.25, 0.3) is 0 Å². The molecule has 0 aliphatic carbocycles. The number of aryl methyl sites for hydroxylation is 1. The summed E-state index contributed by atoms with van der Waals surface area (Å²) in [6.45, 7) is 2.01. The number of aromatic nitrogens is 2. The van der Waals surface area contributed by atoms with Crippen molar-refractivity contribution in [3.05, 3.63) is 12.0 Å². The van der Waals surface area contributed by atoms with Crippen LogP contribution in [0, 0.1) is 6.92 Å². The molecule has 1 rings (SSSR count). The molecule has 0 spiro atoms. The van der Waals surface area contributed by atoms with Crippen LogP contribution in [0.1, 0.15) is 5.82 Å². The van der Waals surface area contributed by atoms with E-state index >= 15 is 0 Å². The second-order valence-electron chi connectivity index (χ2n) is 3.74. The second kappa shape index (κ2) is 2.34. The van der Waals surface area contributed by atoms with E-state index in [0.29, 0.717) is 0 Å². The van der Waals surface area contributed by atoms with Gasteiger partial charge in [0, 0.05) is 7.05 Å². The van der Waals surface area contributed by atoms with Gasteiger partial charge in [-0.2, -0.15) is 0 Å². The molecule has 3 heteroatoms. The molecule has 0 fully saturated rings. The van der Waals surface area contributed by atoms with Crippen LogP contribution in [0.3, 0.4) is 0 Å². The van der Waals surface area contributed by atoms with Crippen molar-refractivity contribution >= 4 is 5.82 Å². The minimum absolute atomic E-state index is 0.817. The minimum atomic E-state index is 0.817. The van der Waals surface area contributed by atoms with Crippen molar-refractivity contribution in [3.63, 3.8) is 0 Å². The summed E-state index contributed by atoms with van der Waals surface area (Å²) in [6, 6.07) is 0. The van der Waals surface area contributed by atoms with Crippen LogP contribution in [0.15, 0.2) is 6.20 Å². The van der Waals surface area contributed by atoms with Crippen molar-refractivity contribution < 1.29 is 0 Å². The highest BCUT2D eigenvalue weighted by Crippen LogP contribution is 2.15. The lowest BCUT2D eigenvalue weighted by molar-refractivity contribution is 0.458. The lowest BCUT2D eigenvalue weighted by atomic mass is 10.5. The van der Waals surface area contributed by atoms with Gasteiger partial charge in [-0.25, -0.2) is 4.98 Å². The zero-order valence-electron chi connectivity index (χ0n) is 7.92. The first-order valence-corrected chi connectivity index (χ1v) is 3.73. The van der Waals surface area contributed by atoms with Crippen LogP contribution in [0.25, 0.3) is 0 Å². The number of hydrogen-bond acceptors (Lipinski definition) is 1. The molecular weight excluding hydrogens is 138 g/mol. The summed E-state index contributed by atoms with van der Waals surface area (Å²) in [5.74, 6) is 2.29. The van der Waals surface area contributed by atoms with E-state index in [-0.39, 0.29) is 0 Å². The van der Waals surface area contributed by atoms with Gasteiger partial charge in [0.15, 0.2) is 0 Å². The van der Waals surface area contributed by atoms with Crippen molar-refractivity contribution in [2.75, 3.05) is 21.1 Å². The van der Waals surface area contributed by atoms with Crippen LogP contribution >= 0.6 is 0 Å². The lowest BCUT2D eigenvalue weighted by Gasteiger charge is -2.22. The van der Waals surface area contributed by atoms with Gasteiger partial charge in [0.05, 0.1) is 21.1 Å². The van der Waals surface area contributed by atoms with Gasteiger partial charge in [-0.3, -0.25) is 9.05 Å². The summed E-state index contributed by atoms with van der Waals surface area (Å²) in [5, 5.41) is 0. The fraction of sp³-hybridized carbons (Fsp3) is 0.625. The highest BCUT2D eigenvalue weighted by molar-refractivity contribution is 5.31. The molecule has 1 heterocycles. The third-order valence-electron chi connectivity index (χ3n) is 1.88. The summed E-state index contributed by atoms with van der Waals surface area (Å²) >= 11 is 0. The van der Waals surface area contributed by atoms with Gasteiger partial charge in [-0.05, 0) is 6.92 Å². The quantitative estimate of drug-likeness (QED) is 0.550. The Hall–Kier alpha value is -0.830. The zero-order valence-corrected chi connectivity index (χ0v) is 7.92. The SMILES string of the molecule is Cc1ncc([N+](C)(C)C)n1C. The first-order valence-electron chi connectivity index (χ1n) is 3.73. The van der Waals surface area contributed by atoms with Gasteiger partial charge in [0.2, 0.25) is 5.82 Å². The number of rotatable bonds is 1. The molecule has 11 heavy (non-hydrogen) atoms. The van der Waals surface area contributed by atoms with E-state index in [0.717, 1.165) is 10.3 Å². The molecular formula is C8H16N3+. The smallest absolute Gasteiger partial charge is 0.227 e. The van der Waals surface area contributed by atoms with Crippen molar-refractivity contribution in [1.29, 1.82) is 0 Å². The predicted octanol–water partition coefficient (Wildman–Crippen LogP) is 0.925. The Morgan fingerprint density at radius 3 is 2.09 bits per heavy atom. The fourth-order valence-electron chi connectivity index (χ4n) is 1.11. The predicted molar refractivity (Wildman–Crippen MR) is 47.5 cm³/mol. The highest BCUT2D eigenvalue weighted by Gasteiger charge is 2.17. The molecule has 0 unspecified atom stereocenters. The maximum Gasteiger partial charge on any atom is 0.227 e. The molecule has 1 aromatic rings. The Balaban J connectivity index is 3.15. The van der Waals surface area contributed by atoms with E-state index < -0.39 is 0 Å². The fourth-order valence-corrected chi connectivity index (χ4v) is 1.11. The zero-order chi connectivity index (χ0) is 8.65. The molecule has 0 aromatic carbocycles. The third kappa shape index (κ3) is 1.43. The van der Waals surface area contributed by atoms with E-state index in [4.69, 9.17) is 0 Å². The molecule has 0 atom stereocenters. The number of hydrogen-bond donors (Lipinski definition) is 0.